The maximum absolute atomic E-state index is 13.2. The molecule has 1 fully saturated rings. The lowest BCUT2D eigenvalue weighted by Crippen LogP contribution is -2.25. The minimum Gasteiger partial charge on any atom is -0.455 e. The summed E-state index contributed by atoms with van der Waals surface area (Å²) in [6.45, 7) is 0. The number of fused-ring (bicyclic) bond motifs is 1. The summed E-state index contributed by atoms with van der Waals surface area (Å²) in [6.07, 6.45) is 7.26. The van der Waals surface area contributed by atoms with Crippen molar-refractivity contribution in [1.82, 2.24) is 9.66 Å². The standard InChI is InChI=1S/C25H23N3O2/c29-25-21-13-7-8-14-22(21)27-24(19-11-5-2-6-12-19)28(25)26-17-20-15-16-23(30-20)18-9-3-1-4-10-18/h1,3-4,7-10,13-17,19H,2,5-6,11-12H2. The van der Waals surface area contributed by atoms with Gasteiger partial charge in [0.05, 0.1) is 17.1 Å². The average molecular weight is 397 g/mol. The molecule has 0 unspecified atom stereocenters. The van der Waals surface area contributed by atoms with Crippen LogP contribution in [0.15, 0.2) is 81.0 Å². The normalized spacial score (nSPS) is 15.2. The fraction of sp³-hybridized carbons (Fsp3) is 0.240. The lowest BCUT2D eigenvalue weighted by Gasteiger charge is -2.22. The third kappa shape index (κ3) is 3.59. The van der Waals surface area contributed by atoms with Crippen LogP contribution in [0.3, 0.4) is 0 Å². The molecule has 150 valence electrons. The highest BCUT2D eigenvalue weighted by atomic mass is 16.3. The fourth-order valence-corrected chi connectivity index (χ4v) is 4.17. The summed E-state index contributed by atoms with van der Waals surface area (Å²) in [5.41, 5.74) is 1.61. The van der Waals surface area contributed by atoms with Crippen LogP contribution in [0.25, 0.3) is 22.2 Å². The number of furan rings is 1. The topological polar surface area (TPSA) is 60.4 Å². The first-order valence-electron chi connectivity index (χ1n) is 10.5. The number of nitrogens with zero attached hydrogens (tertiary/aromatic N) is 3. The van der Waals surface area contributed by atoms with E-state index in [1.807, 2.05) is 66.7 Å². The van der Waals surface area contributed by atoms with E-state index >= 15 is 0 Å². The molecule has 0 N–H and O–H groups in total. The van der Waals surface area contributed by atoms with E-state index in [0.29, 0.717) is 11.1 Å². The highest BCUT2D eigenvalue weighted by molar-refractivity contribution is 5.79. The molecule has 5 heteroatoms. The number of para-hydroxylation sites is 1. The quantitative estimate of drug-likeness (QED) is 0.422. The van der Waals surface area contributed by atoms with Crippen molar-refractivity contribution >= 4 is 17.1 Å². The van der Waals surface area contributed by atoms with Gasteiger partial charge in [-0.05, 0) is 37.1 Å². The minimum atomic E-state index is -0.132. The molecule has 0 spiro atoms. The predicted octanol–water partition coefficient (Wildman–Crippen LogP) is 5.59. The highest BCUT2D eigenvalue weighted by Crippen LogP contribution is 2.31. The van der Waals surface area contributed by atoms with Gasteiger partial charge in [0.2, 0.25) is 0 Å². The van der Waals surface area contributed by atoms with E-state index in [0.717, 1.165) is 48.3 Å². The predicted molar refractivity (Wildman–Crippen MR) is 119 cm³/mol. The molecule has 2 aromatic heterocycles. The zero-order valence-corrected chi connectivity index (χ0v) is 16.7. The van der Waals surface area contributed by atoms with Gasteiger partial charge in [0.25, 0.3) is 5.56 Å². The Morgan fingerprint density at radius 3 is 2.53 bits per heavy atom. The molecule has 1 aliphatic rings. The summed E-state index contributed by atoms with van der Waals surface area (Å²) in [6, 6.07) is 21.2. The summed E-state index contributed by atoms with van der Waals surface area (Å²) in [4.78, 5) is 18.1. The SMILES string of the molecule is O=c1c2ccccc2nc(C2CCCCC2)n1N=Cc1ccc(-c2ccccc2)o1. The van der Waals surface area contributed by atoms with E-state index in [9.17, 15) is 4.79 Å². The number of aromatic nitrogens is 2. The van der Waals surface area contributed by atoms with Crippen molar-refractivity contribution in [3.8, 4) is 11.3 Å². The molecule has 1 saturated carbocycles. The molecule has 4 aromatic rings. The zero-order valence-electron chi connectivity index (χ0n) is 16.7. The molecule has 2 heterocycles. The number of benzene rings is 2. The van der Waals surface area contributed by atoms with E-state index in [2.05, 4.69) is 5.10 Å². The summed E-state index contributed by atoms with van der Waals surface area (Å²) >= 11 is 0. The first kappa shape index (κ1) is 18.6. The Balaban J connectivity index is 1.55. The van der Waals surface area contributed by atoms with Crippen molar-refractivity contribution in [1.29, 1.82) is 0 Å². The Morgan fingerprint density at radius 1 is 0.933 bits per heavy atom. The van der Waals surface area contributed by atoms with Gasteiger partial charge in [-0.15, -0.1) is 0 Å². The van der Waals surface area contributed by atoms with Crippen LogP contribution in [0.2, 0.25) is 0 Å². The molecule has 5 nitrogen and oxygen atoms in total. The average Bonchev–Trinajstić information content (AvgIpc) is 3.29. The minimum absolute atomic E-state index is 0.132. The van der Waals surface area contributed by atoms with E-state index in [4.69, 9.17) is 9.40 Å². The number of rotatable bonds is 4. The van der Waals surface area contributed by atoms with E-state index in [1.54, 1.807) is 6.21 Å². The maximum atomic E-state index is 13.2. The third-order valence-corrected chi connectivity index (χ3v) is 5.73. The summed E-state index contributed by atoms with van der Waals surface area (Å²) < 4.78 is 7.39. The van der Waals surface area contributed by atoms with E-state index in [-0.39, 0.29) is 11.5 Å². The van der Waals surface area contributed by atoms with Crippen molar-refractivity contribution in [2.75, 3.05) is 0 Å². The van der Waals surface area contributed by atoms with Crippen LogP contribution in [-0.4, -0.2) is 15.9 Å². The Labute approximate surface area is 174 Å². The van der Waals surface area contributed by atoms with Gasteiger partial charge in [0.15, 0.2) is 0 Å². The lowest BCUT2D eigenvalue weighted by molar-refractivity contribution is 0.416. The Bertz CT molecular complexity index is 1250. The Kier molecular flexibility index (Phi) is 5.01. The molecule has 30 heavy (non-hydrogen) atoms. The summed E-state index contributed by atoms with van der Waals surface area (Å²) in [7, 11) is 0. The van der Waals surface area contributed by atoms with E-state index < -0.39 is 0 Å². The summed E-state index contributed by atoms with van der Waals surface area (Å²) in [5.74, 6) is 2.38. The van der Waals surface area contributed by atoms with Crippen molar-refractivity contribution in [3.05, 3.63) is 88.7 Å². The van der Waals surface area contributed by atoms with Crippen LogP contribution in [0.1, 0.15) is 49.6 Å². The Hall–Kier alpha value is -3.47. The zero-order chi connectivity index (χ0) is 20.3. The highest BCUT2D eigenvalue weighted by Gasteiger charge is 2.22. The molecule has 5 rings (SSSR count). The molecule has 0 aliphatic heterocycles. The molecule has 1 aliphatic carbocycles. The molecule has 0 atom stereocenters. The van der Waals surface area contributed by atoms with Crippen LogP contribution in [0.4, 0.5) is 0 Å². The smallest absolute Gasteiger partial charge is 0.282 e. The largest absolute Gasteiger partial charge is 0.455 e. The molecule has 0 amide bonds. The van der Waals surface area contributed by atoms with Crippen LogP contribution in [0, 0.1) is 0 Å². The first-order chi connectivity index (χ1) is 14.8. The third-order valence-electron chi connectivity index (χ3n) is 5.73. The molecular weight excluding hydrogens is 374 g/mol. The second kappa shape index (κ2) is 8.11. The first-order valence-corrected chi connectivity index (χ1v) is 10.5. The lowest BCUT2D eigenvalue weighted by atomic mass is 9.88. The van der Waals surface area contributed by atoms with Gasteiger partial charge in [-0.2, -0.15) is 9.78 Å². The van der Waals surface area contributed by atoms with Gasteiger partial charge >= 0.3 is 0 Å². The molecule has 0 saturated heterocycles. The van der Waals surface area contributed by atoms with Gasteiger partial charge < -0.3 is 4.42 Å². The van der Waals surface area contributed by atoms with Crippen LogP contribution < -0.4 is 5.56 Å². The summed E-state index contributed by atoms with van der Waals surface area (Å²) in [5, 5.41) is 5.11. The van der Waals surface area contributed by atoms with Gasteiger partial charge in [0, 0.05) is 11.5 Å². The van der Waals surface area contributed by atoms with Crippen molar-refractivity contribution in [2.45, 2.75) is 38.0 Å². The Morgan fingerprint density at radius 2 is 1.70 bits per heavy atom. The van der Waals surface area contributed by atoms with Crippen molar-refractivity contribution in [3.63, 3.8) is 0 Å². The molecular formula is C25H23N3O2. The molecule has 2 aromatic carbocycles. The number of hydrogen-bond acceptors (Lipinski definition) is 4. The van der Waals surface area contributed by atoms with E-state index in [1.165, 1.54) is 11.1 Å². The second-order valence-corrected chi connectivity index (χ2v) is 7.75. The van der Waals surface area contributed by atoms with Crippen LogP contribution >= 0.6 is 0 Å². The van der Waals surface area contributed by atoms with Crippen molar-refractivity contribution in [2.24, 2.45) is 5.10 Å². The number of hydrogen-bond donors (Lipinski definition) is 0. The monoisotopic (exact) mass is 397 g/mol. The fourth-order valence-electron chi connectivity index (χ4n) is 4.17. The molecule has 0 radical (unpaired) electrons. The van der Waals surface area contributed by atoms with Crippen molar-refractivity contribution < 1.29 is 4.42 Å². The van der Waals surface area contributed by atoms with Gasteiger partial charge in [-0.1, -0.05) is 61.7 Å². The van der Waals surface area contributed by atoms with Crippen LogP contribution in [0.5, 0.6) is 0 Å². The van der Waals surface area contributed by atoms with Gasteiger partial charge in [-0.3, -0.25) is 4.79 Å². The van der Waals surface area contributed by atoms with Gasteiger partial charge in [-0.25, -0.2) is 4.98 Å². The van der Waals surface area contributed by atoms with Crippen LogP contribution in [-0.2, 0) is 0 Å². The van der Waals surface area contributed by atoms with Gasteiger partial charge in [0.1, 0.15) is 17.3 Å². The molecule has 0 bridgehead atoms. The second-order valence-electron chi connectivity index (χ2n) is 7.75. The maximum Gasteiger partial charge on any atom is 0.282 e.